The Kier molecular flexibility index (Phi) is 15.1. The molecule has 0 bridgehead atoms. The van der Waals surface area contributed by atoms with Crippen LogP contribution >= 0.6 is 0 Å². The molecule has 1 rings (SSSR count). The number of benzene rings is 1. The predicted molar refractivity (Wildman–Crippen MR) is 88.6 cm³/mol. The lowest BCUT2D eigenvalue weighted by Gasteiger charge is -1.91. The molecule has 1 aromatic carbocycles. The first kappa shape index (κ1) is 20.2. The minimum Gasteiger partial charge on any atom is -0.463 e. The van der Waals surface area contributed by atoms with Crippen molar-refractivity contribution in [1.29, 1.82) is 0 Å². The number of esters is 1. The molecule has 0 aromatic heterocycles. The number of allylic oxidation sites excluding steroid dienone is 1. The zero-order chi connectivity index (χ0) is 15.8. The minimum absolute atomic E-state index is 0.359. The summed E-state index contributed by atoms with van der Waals surface area (Å²) >= 11 is 0. The molecule has 0 heterocycles. The van der Waals surface area contributed by atoms with E-state index >= 15 is 0 Å². The van der Waals surface area contributed by atoms with Crippen molar-refractivity contribution >= 4 is 12.0 Å². The Labute approximate surface area is 123 Å². The maximum absolute atomic E-state index is 10.1. The van der Waals surface area contributed by atoms with E-state index in [9.17, 15) is 4.79 Å². The summed E-state index contributed by atoms with van der Waals surface area (Å²) in [7, 11) is 0. The van der Waals surface area contributed by atoms with E-state index in [2.05, 4.69) is 62.6 Å². The van der Waals surface area contributed by atoms with Crippen molar-refractivity contribution in [2.24, 2.45) is 0 Å². The lowest BCUT2D eigenvalue weighted by Crippen LogP contribution is -1.97. The molecule has 20 heavy (non-hydrogen) atoms. The Morgan fingerprint density at radius 1 is 1.15 bits per heavy atom. The SMILES string of the molecule is C=CC(=O)OCC.C=CCC.C=Cc1ccc(C)cc1. The molecule has 0 saturated carbocycles. The molecule has 0 spiro atoms. The van der Waals surface area contributed by atoms with Gasteiger partial charge >= 0.3 is 5.97 Å². The number of carbonyl (C=O) groups is 1. The average molecular weight is 274 g/mol. The van der Waals surface area contributed by atoms with Crippen LogP contribution in [0.5, 0.6) is 0 Å². The van der Waals surface area contributed by atoms with Gasteiger partial charge in [0, 0.05) is 6.08 Å². The standard InChI is InChI=1S/C9H10.C5H8O2.C4H8/c1-3-9-6-4-8(2)5-7-9;1-3-5(6)7-4-2;1-3-4-2/h3-7H,1H2,2H3;3H,1,4H2,2H3;3H,1,4H2,2H3. The second-order valence-corrected chi connectivity index (χ2v) is 3.77. The number of carbonyl (C=O) groups excluding carboxylic acids is 1. The Bertz CT molecular complexity index is 388. The molecule has 110 valence electrons. The Morgan fingerprint density at radius 3 is 1.90 bits per heavy atom. The molecular weight excluding hydrogens is 248 g/mol. The molecule has 0 aliphatic heterocycles. The fourth-order valence-electron chi connectivity index (χ4n) is 0.904. The van der Waals surface area contributed by atoms with Crippen LogP contribution in [0.4, 0.5) is 0 Å². The molecule has 0 fully saturated rings. The first-order chi connectivity index (χ1) is 9.55. The van der Waals surface area contributed by atoms with Crippen LogP contribution in [0, 0.1) is 6.92 Å². The topological polar surface area (TPSA) is 26.3 Å². The normalized spacial score (nSPS) is 7.95. The molecule has 0 unspecified atom stereocenters. The summed E-state index contributed by atoms with van der Waals surface area (Å²) in [6.07, 6.45) is 5.95. The van der Waals surface area contributed by atoms with Crippen LogP contribution in [-0.2, 0) is 9.53 Å². The molecule has 0 saturated heterocycles. The molecule has 0 radical (unpaired) electrons. The summed E-state index contributed by atoms with van der Waals surface area (Å²) in [6, 6.07) is 8.28. The van der Waals surface area contributed by atoms with Crippen molar-refractivity contribution in [3.8, 4) is 0 Å². The van der Waals surface area contributed by atoms with Gasteiger partial charge in [0.1, 0.15) is 0 Å². The van der Waals surface area contributed by atoms with E-state index in [-0.39, 0.29) is 5.97 Å². The van der Waals surface area contributed by atoms with E-state index in [1.54, 1.807) is 6.92 Å². The van der Waals surface area contributed by atoms with Gasteiger partial charge in [-0.1, -0.05) is 62.1 Å². The molecule has 0 amide bonds. The lowest BCUT2D eigenvalue weighted by atomic mass is 10.2. The molecule has 2 nitrogen and oxygen atoms in total. The molecule has 0 aliphatic rings. The first-order valence-electron chi connectivity index (χ1n) is 6.64. The van der Waals surface area contributed by atoms with Crippen molar-refractivity contribution in [2.45, 2.75) is 27.2 Å². The monoisotopic (exact) mass is 274 g/mol. The van der Waals surface area contributed by atoms with Crippen molar-refractivity contribution < 1.29 is 9.53 Å². The van der Waals surface area contributed by atoms with Crippen molar-refractivity contribution in [3.05, 3.63) is 67.3 Å². The van der Waals surface area contributed by atoms with E-state index in [4.69, 9.17) is 0 Å². The summed E-state index contributed by atoms with van der Waals surface area (Å²) in [5, 5.41) is 0. The highest BCUT2D eigenvalue weighted by Gasteiger charge is 1.86. The summed E-state index contributed by atoms with van der Waals surface area (Å²) < 4.78 is 4.43. The van der Waals surface area contributed by atoms with Crippen LogP contribution < -0.4 is 0 Å². The van der Waals surface area contributed by atoms with Crippen LogP contribution in [0.25, 0.3) is 6.08 Å². The maximum atomic E-state index is 10.1. The molecular formula is C18H26O2. The number of rotatable bonds is 4. The second kappa shape index (κ2) is 15.0. The van der Waals surface area contributed by atoms with E-state index in [1.807, 2.05) is 12.2 Å². The number of ether oxygens (including phenoxy) is 1. The minimum atomic E-state index is -0.359. The highest BCUT2D eigenvalue weighted by molar-refractivity contribution is 5.81. The highest BCUT2D eigenvalue weighted by atomic mass is 16.5. The Balaban J connectivity index is 0. The Morgan fingerprint density at radius 2 is 1.65 bits per heavy atom. The van der Waals surface area contributed by atoms with Crippen LogP contribution in [-0.4, -0.2) is 12.6 Å². The molecule has 1 aromatic rings. The van der Waals surface area contributed by atoms with Crippen molar-refractivity contribution in [1.82, 2.24) is 0 Å². The largest absolute Gasteiger partial charge is 0.463 e. The van der Waals surface area contributed by atoms with Crippen LogP contribution in [0.1, 0.15) is 31.4 Å². The van der Waals surface area contributed by atoms with Gasteiger partial charge < -0.3 is 4.74 Å². The molecule has 0 aliphatic carbocycles. The quantitative estimate of drug-likeness (QED) is 0.441. The summed E-state index contributed by atoms with van der Waals surface area (Å²) in [5.74, 6) is -0.359. The van der Waals surface area contributed by atoms with E-state index in [0.29, 0.717) is 6.61 Å². The third-order valence-corrected chi connectivity index (χ3v) is 2.05. The van der Waals surface area contributed by atoms with Gasteiger partial charge in [-0.3, -0.25) is 0 Å². The van der Waals surface area contributed by atoms with Gasteiger partial charge in [-0.15, -0.1) is 6.58 Å². The maximum Gasteiger partial charge on any atom is 0.330 e. The number of hydrogen-bond acceptors (Lipinski definition) is 2. The van der Waals surface area contributed by atoms with Crippen LogP contribution in [0.2, 0.25) is 0 Å². The summed E-state index contributed by atoms with van der Waals surface area (Å²) in [5.41, 5.74) is 2.47. The zero-order valence-electron chi connectivity index (χ0n) is 12.9. The molecule has 2 heteroatoms. The van der Waals surface area contributed by atoms with Gasteiger partial charge in [-0.2, -0.15) is 0 Å². The summed E-state index contributed by atoms with van der Waals surface area (Å²) in [6.45, 7) is 16.7. The van der Waals surface area contributed by atoms with Gasteiger partial charge in [-0.25, -0.2) is 4.79 Å². The zero-order valence-corrected chi connectivity index (χ0v) is 12.9. The first-order valence-corrected chi connectivity index (χ1v) is 6.64. The lowest BCUT2D eigenvalue weighted by molar-refractivity contribution is -0.137. The van der Waals surface area contributed by atoms with Gasteiger partial charge in [0.15, 0.2) is 0 Å². The van der Waals surface area contributed by atoms with E-state index in [0.717, 1.165) is 12.5 Å². The number of aryl methyl sites for hydroxylation is 1. The fraction of sp³-hybridized carbons (Fsp3) is 0.278. The van der Waals surface area contributed by atoms with Crippen molar-refractivity contribution in [3.63, 3.8) is 0 Å². The Hall–Kier alpha value is -2.09. The second-order valence-electron chi connectivity index (χ2n) is 3.77. The van der Waals surface area contributed by atoms with Gasteiger partial charge in [-0.05, 0) is 25.8 Å². The van der Waals surface area contributed by atoms with Crippen molar-refractivity contribution in [2.75, 3.05) is 6.61 Å². The number of hydrogen-bond donors (Lipinski definition) is 0. The molecule has 0 atom stereocenters. The predicted octanol–water partition coefficient (Wildman–Crippen LogP) is 4.96. The fourth-order valence-corrected chi connectivity index (χ4v) is 0.904. The van der Waals surface area contributed by atoms with Gasteiger partial charge in [0.2, 0.25) is 0 Å². The van der Waals surface area contributed by atoms with Crippen LogP contribution in [0.15, 0.2) is 56.2 Å². The third kappa shape index (κ3) is 14.0. The average Bonchev–Trinajstić information content (AvgIpc) is 2.49. The third-order valence-electron chi connectivity index (χ3n) is 2.05. The smallest absolute Gasteiger partial charge is 0.330 e. The molecule has 0 N–H and O–H groups in total. The van der Waals surface area contributed by atoms with Gasteiger partial charge in [0.25, 0.3) is 0 Å². The van der Waals surface area contributed by atoms with Gasteiger partial charge in [0.05, 0.1) is 6.61 Å². The van der Waals surface area contributed by atoms with E-state index in [1.165, 1.54) is 11.1 Å². The van der Waals surface area contributed by atoms with Crippen LogP contribution in [0.3, 0.4) is 0 Å². The highest BCUT2D eigenvalue weighted by Crippen LogP contribution is 2.02. The summed E-state index contributed by atoms with van der Waals surface area (Å²) in [4.78, 5) is 10.1. The van der Waals surface area contributed by atoms with E-state index < -0.39 is 0 Å².